The number of para-hydroxylation sites is 1. The predicted molar refractivity (Wildman–Crippen MR) is 72.1 cm³/mol. The van der Waals surface area contributed by atoms with Crippen molar-refractivity contribution in [3.8, 4) is 0 Å². The summed E-state index contributed by atoms with van der Waals surface area (Å²) in [6.07, 6.45) is 0.720. The highest BCUT2D eigenvalue weighted by atomic mass is 16.4. The van der Waals surface area contributed by atoms with Crippen LogP contribution in [0.5, 0.6) is 0 Å². The third kappa shape index (κ3) is 2.70. The number of amides is 2. The van der Waals surface area contributed by atoms with Gasteiger partial charge in [0.15, 0.2) is 0 Å². The molecule has 1 aromatic carbocycles. The third-order valence-corrected chi connectivity index (χ3v) is 3.60. The van der Waals surface area contributed by atoms with E-state index in [4.69, 9.17) is 0 Å². The largest absolute Gasteiger partial charge is 0.480 e. The number of nitrogens with zero attached hydrogens (tertiary/aromatic N) is 1. The topological polar surface area (TPSA) is 69.6 Å². The van der Waals surface area contributed by atoms with E-state index in [2.05, 4.69) is 5.32 Å². The van der Waals surface area contributed by atoms with Crippen LogP contribution in [0, 0.1) is 12.8 Å². The quantitative estimate of drug-likeness (QED) is 0.859. The minimum atomic E-state index is -0.940. The molecule has 102 valence electrons. The minimum absolute atomic E-state index is 0.0138. The Kier molecular flexibility index (Phi) is 3.74. The molecule has 2 rings (SSSR count). The van der Waals surface area contributed by atoms with Gasteiger partial charge in [0, 0.05) is 12.2 Å². The maximum Gasteiger partial charge on any atom is 0.326 e. The third-order valence-electron chi connectivity index (χ3n) is 3.60. The zero-order valence-corrected chi connectivity index (χ0v) is 11.1. The number of aryl methyl sites for hydroxylation is 1. The Labute approximate surface area is 112 Å². The predicted octanol–water partition coefficient (Wildman–Crippen LogP) is 2.32. The fourth-order valence-electron chi connectivity index (χ4n) is 2.45. The highest BCUT2D eigenvalue weighted by Gasteiger charge is 2.39. The maximum atomic E-state index is 12.2. The number of carbonyl (C=O) groups excluding carboxylic acids is 1. The molecule has 0 aromatic heterocycles. The van der Waals surface area contributed by atoms with E-state index in [1.807, 2.05) is 38.1 Å². The van der Waals surface area contributed by atoms with Crippen LogP contribution in [0.1, 0.15) is 18.9 Å². The summed E-state index contributed by atoms with van der Waals surface area (Å²) in [5.41, 5.74) is 1.67. The van der Waals surface area contributed by atoms with Crippen molar-refractivity contribution in [2.24, 2.45) is 5.92 Å². The Balaban J connectivity index is 2.12. The number of hydrogen-bond donors (Lipinski definition) is 2. The maximum absolute atomic E-state index is 12.2. The van der Waals surface area contributed by atoms with E-state index in [9.17, 15) is 14.7 Å². The number of likely N-dealkylation sites (tertiary alicyclic amines) is 1. The second kappa shape index (κ2) is 5.30. The summed E-state index contributed by atoms with van der Waals surface area (Å²) in [4.78, 5) is 24.8. The smallest absolute Gasteiger partial charge is 0.326 e. The summed E-state index contributed by atoms with van der Waals surface area (Å²) in [5, 5.41) is 12.0. The second-order valence-electron chi connectivity index (χ2n) is 4.99. The van der Waals surface area contributed by atoms with Crippen LogP contribution >= 0.6 is 0 Å². The van der Waals surface area contributed by atoms with Gasteiger partial charge < -0.3 is 15.3 Å². The lowest BCUT2D eigenvalue weighted by molar-refractivity contribution is -0.142. The summed E-state index contributed by atoms with van der Waals surface area (Å²) in [7, 11) is 0. The minimum Gasteiger partial charge on any atom is -0.480 e. The molecule has 0 saturated carbocycles. The Hall–Kier alpha value is -2.04. The van der Waals surface area contributed by atoms with Crippen molar-refractivity contribution in [2.75, 3.05) is 11.9 Å². The molecule has 1 aliphatic heterocycles. The van der Waals surface area contributed by atoms with Gasteiger partial charge in [0.1, 0.15) is 6.04 Å². The van der Waals surface area contributed by atoms with Gasteiger partial charge in [-0.1, -0.05) is 25.1 Å². The van der Waals surface area contributed by atoms with Gasteiger partial charge in [-0.15, -0.1) is 0 Å². The summed E-state index contributed by atoms with van der Waals surface area (Å²) < 4.78 is 0. The van der Waals surface area contributed by atoms with Crippen LogP contribution in [0.25, 0.3) is 0 Å². The zero-order chi connectivity index (χ0) is 14.0. The van der Waals surface area contributed by atoms with Gasteiger partial charge in [-0.3, -0.25) is 0 Å². The van der Waals surface area contributed by atoms with Crippen LogP contribution in [0.2, 0.25) is 0 Å². The molecule has 1 heterocycles. The molecule has 2 atom stereocenters. The molecule has 1 saturated heterocycles. The number of nitrogens with one attached hydrogen (secondary N) is 1. The average molecular weight is 262 g/mol. The first-order valence-corrected chi connectivity index (χ1v) is 6.36. The zero-order valence-electron chi connectivity index (χ0n) is 11.1. The molecule has 0 bridgehead atoms. The molecule has 1 fully saturated rings. The highest BCUT2D eigenvalue weighted by Crippen LogP contribution is 2.25. The number of anilines is 1. The molecule has 2 unspecified atom stereocenters. The van der Waals surface area contributed by atoms with Crippen LogP contribution in [-0.4, -0.2) is 34.6 Å². The van der Waals surface area contributed by atoms with Crippen molar-refractivity contribution in [2.45, 2.75) is 26.3 Å². The van der Waals surface area contributed by atoms with Gasteiger partial charge >= 0.3 is 12.0 Å². The molecule has 0 aliphatic carbocycles. The summed E-state index contributed by atoms with van der Waals surface area (Å²) >= 11 is 0. The summed E-state index contributed by atoms with van der Waals surface area (Å²) in [6, 6.07) is 6.36. The van der Waals surface area contributed by atoms with E-state index in [1.165, 1.54) is 4.90 Å². The van der Waals surface area contributed by atoms with Crippen molar-refractivity contribution < 1.29 is 14.7 Å². The molecular formula is C14H18N2O3. The first-order chi connectivity index (χ1) is 9.00. The van der Waals surface area contributed by atoms with Crippen molar-refractivity contribution >= 4 is 17.7 Å². The number of aliphatic carboxylic acids is 1. The standard InChI is InChI=1S/C14H18N2O3/c1-9-5-3-4-6-11(9)15-14(19)16-8-7-10(2)12(16)13(17)18/h3-6,10,12H,7-8H2,1-2H3,(H,15,19)(H,17,18). The van der Waals surface area contributed by atoms with E-state index in [0.29, 0.717) is 6.54 Å². The van der Waals surface area contributed by atoms with Crippen LogP contribution in [-0.2, 0) is 4.79 Å². The van der Waals surface area contributed by atoms with E-state index in [-0.39, 0.29) is 11.9 Å². The fraction of sp³-hybridized carbons (Fsp3) is 0.429. The van der Waals surface area contributed by atoms with Gasteiger partial charge in [0.25, 0.3) is 0 Å². The summed E-state index contributed by atoms with van der Waals surface area (Å²) in [5.74, 6) is -0.954. The number of carboxylic acid groups (broad SMARTS) is 1. The molecule has 1 aromatic rings. The monoisotopic (exact) mass is 262 g/mol. The van der Waals surface area contributed by atoms with Gasteiger partial charge in [0.2, 0.25) is 0 Å². The van der Waals surface area contributed by atoms with Crippen LogP contribution in [0.4, 0.5) is 10.5 Å². The van der Waals surface area contributed by atoms with Crippen molar-refractivity contribution in [1.82, 2.24) is 4.90 Å². The molecule has 0 spiro atoms. The molecular weight excluding hydrogens is 244 g/mol. The Morgan fingerprint density at radius 3 is 2.68 bits per heavy atom. The van der Waals surface area contributed by atoms with E-state index < -0.39 is 12.0 Å². The fourth-order valence-corrected chi connectivity index (χ4v) is 2.45. The number of hydrogen-bond acceptors (Lipinski definition) is 2. The first kappa shape index (κ1) is 13.4. The van der Waals surface area contributed by atoms with Crippen LogP contribution < -0.4 is 5.32 Å². The van der Waals surface area contributed by atoms with E-state index >= 15 is 0 Å². The van der Waals surface area contributed by atoms with Gasteiger partial charge in [-0.25, -0.2) is 9.59 Å². The Bertz CT molecular complexity index is 501. The Morgan fingerprint density at radius 1 is 1.37 bits per heavy atom. The lowest BCUT2D eigenvalue weighted by Crippen LogP contribution is -2.44. The number of rotatable bonds is 2. The van der Waals surface area contributed by atoms with Crippen LogP contribution in [0.15, 0.2) is 24.3 Å². The molecule has 2 N–H and O–H groups in total. The average Bonchev–Trinajstić information content (AvgIpc) is 2.74. The van der Waals surface area contributed by atoms with Crippen molar-refractivity contribution in [1.29, 1.82) is 0 Å². The van der Waals surface area contributed by atoms with Crippen LogP contribution in [0.3, 0.4) is 0 Å². The highest BCUT2D eigenvalue weighted by molar-refractivity contribution is 5.93. The number of benzene rings is 1. The van der Waals surface area contributed by atoms with Gasteiger partial charge in [0.05, 0.1) is 0 Å². The molecule has 2 amide bonds. The second-order valence-corrected chi connectivity index (χ2v) is 4.99. The summed E-state index contributed by atoms with van der Waals surface area (Å²) in [6.45, 7) is 4.24. The number of carboxylic acids is 1. The lowest BCUT2D eigenvalue weighted by Gasteiger charge is -2.24. The first-order valence-electron chi connectivity index (χ1n) is 6.36. The molecule has 19 heavy (non-hydrogen) atoms. The van der Waals surface area contributed by atoms with E-state index in [0.717, 1.165) is 17.7 Å². The van der Waals surface area contributed by atoms with Gasteiger partial charge in [-0.05, 0) is 30.9 Å². The Morgan fingerprint density at radius 2 is 2.05 bits per heavy atom. The SMILES string of the molecule is Cc1ccccc1NC(=O)N1CCC(C)C1C(=O)O. The van der Waals surface area contributed by atoms with Crippen molar-refractivity contribution in [3.05, 3.63) is 29.8 Å². The molecule has 0 radical (unpaired) electrons. The molecule has 5 nitrogen and oxygen atoms in total. The number of carbonyl (C=O) groups is 2. The normalized spacial score (nSPS) is 22.3. The number of urea groups is 1. The van der Waals surface area contributed by atoms with Gasteiger partial charge in [-0.2, -0.15) is 0 Å². The van der Waals surface area contributed by atoms with E-state index in [1.54, 1.807) is 0 Å². The molecule has 5 heteroatoms. The molecule has 1 aliphatic rings. The van der Waals surface area contributed by atoms with Crippen molar-refractivity contribution in [3.63, 3.8) is 0 Å². The lowest BCUT2D eigenvalue weighted by atomic mass is 10.0.